The Morgan fingerprint density at radius 3 is 2.95 bits per heavy atom. The van der Waals surface area contributed by atoms with Crippen LogP contribution in [-0.4, -0.2) is 23.3 Å². The average Bonchev–Trinajstić information content (AvgIpc) is 2.88. The largest absolute Gasteiger partial charge is 0.493 e. The molecule has 0 aliphatic carbocycles. The SMILES string of the molecule is CCNC(C)c1nnc(CCOc2cccc(C)c2)o1. The van der Waals surface area contributed by atoms with Crippen LogP contribution in [0.2, 0.25) is 0 Å². The maximum Gasteiger partial charge on any atom is 0.233 e. The zero-order chi connectivity index (χ0) is 14.4. The van der Waals surface area contributed by atoms with Gasteiger partial charge in [0.2, 0.25) is 11.8 Å². The molecule has 1 aromatic carbocycles. The minimum Gasteiger partial charge on any atom is -0.493 e. The summed E-state index contributed by atoms with van der Waals surface area (Å²) in [6.45, 7) is 7.49. The van der Waals surface area contributed by atoms with Crippen LogP contribution in [0.5, 0.6) is 5.75 Å². The Morgan fingerprint density at radius 2 is 2.20 bits per heavy atom. The number of hydrogen-bond acceptors (Lipinski definition) is 5. The second-order valence-corrected chi connectivity index (χ2v) is 4.73. The summed E-state index contributed by atoms with van der Waals surface area (Å²) in [5.74, 6) is 2.10. The first-order valence-corrected chi connectivity index (χ1v) is 6.94. The van der Waals surface area contributed by atoms with Gasteiger partial charge >= 0.3 is 0 Å². The second kappa shape index (κ2) is 7.05. The maximum atomic E-state index is 5.66. The van der Waals surface area contributed by atoms with Crippen molar-refractivity contribution < 1.29 is 9.15 Å². The van der Waals surface area contributed by atoms with E-state index in [0.29, 0.717) is 24.8 Å². The highest BCUT2D eigenvalue weighted by Gasteiger charge is 2.12. The van der Waals surface area contributed by atoms with Gasteiger partial charge in [0.1, 0.15) is 5.75 Å². The van der Waals surface area contributed by atoms with Crippen molar-refractivity contribution in [1.82, 2.24) is 15.5 Å². The number of hydrogen-bond donors (Lipinski definition) is 1. The fraction of sp³-hybridized carbons (Fsp3) is 0.467. The number of aromatic nitrogens is 2. The molecule has 1 unspecified atom stereocenters. The first-order valence-electron chi connectivity index (χ1n) is 6.94. The molecular weight excluding hydrogens is 254 g/mol. The van der Waals surface area contributed by atoms with Crippen LogP contribution in [0.3, 0.4) is 0 Å². The molecule has 2 aromatic rings. The zero-order valence-corrected chi connectivity index (χ0v) is 12.2. The quantitative estimate of drug-likeness (QED) is 0.841. The van der Waals surface area contributed by atoms with Crippen molar-refractivity contribution in [3.05, 3.63) is 41.6 Å². The Hall–Kier alpha value is -1.88. The molecule has 0 aliphatic rings. The van der Waals surface area contributed by atoms with Crippen LogP contribution in [0.25, 0.3) is 0 Å². The first-order chi connectivity index (χ1) is 9.69. The highest BCUT2D eigenvalue weighted by atomic mass is 16.5. The third-order valence-electron chi connectivity index (χ3n) is 2.94. The lowest BCUT2D eigenvalue weighted by atomic mass is 10.2. The number of nitrogens with one attached hydrogen (secondary N) is 1. The van der Waals surface area contributed by atoms with E-state index in [2.05, 4.69) is 15.5 Å². The standard InChI is InChI=1S/C15H21N3O2/c1-4-16-12(3)15-18-17-14(20-15)8-9-19-13-7-5-6-11(2)10-13/h5-7,10,12,16H,4,8-9H2,1-3H3. The third-order valence-corrected chi connectivity index (χ3v) is 2.94. The van der Waals surface area contributed by atoms with Gasteiger partial charge in [-0.25, -0.2) is 0 Å². The van der Waals surface area contributed by atoms with Gasteiger partial charge in [0.15, 0.2) is 0 Å². The molecule has 0 fully saturated rings. The summed E-state index contributed by atoms with van der Waals surface area (Å²) in [4.78, 5) is 0. The first kappa shape index (κ1) is 14.5. The Kier molecular flexibility index (Phi) is 5.12. The van der Waals surface area contributed by atoms with E-state index in [9.17, 15) is 0 Å². The molecule has 1 aromatic heterocycles. The fourth-order valence-electron chi connectivity index (χ4n) is 1.90. The van der Waals surface area contributed by atoms with E-state index in [1.807, 2.05) is 45.0 Å². The van der Waals surface area contributed by atoms with Gasteiger partial charge in [0.05, 0.1) is 19.1 Å². The average molecular weight is 275 g/mol. The Balaban J connectivity index is 1.82. The molecule has 0 saturated heterocycles. The molecule has 1 heterocycles. The number of nitrogens with zero attached hydrogens (tertiary/aromatic N) is 2. The van der Waals surface area contributed by atoms with Gasteiger partial charge in [-0.05, 0) is 38.1 Å². The van der Waals surface area contributed by atoms with E-state index in [1.54, 1.807) is 0 Å². The minimum absolute atomic E-state index is 0.0824. The molecular formula is C15H21N3O2. The van der Waals surface area contributed by atoms with E-state index >= 15 is 0 Å². The van der Waals surface area contributed by atoms with Gasteiger partial charge in [-0.3, -0.25) is 0 Å². The van der Waals surface area contributed by atoms with Crippen LogP contribution in [0.4, 0.5) is 0 Å². The summed E-state index contributed by atoms with van der Waals surface area (Å²) in [7, 11) is 0. The fourth-order valence-corrected chi connectivity index (χ4v) is 1.90. The molecule has 0 bridgehead atoms. The molecule has 20 heavy (non-hydrogen) atoms. The van der Waals surface area contributed by atoms with Gasteiger partial charge in [0.25, 0.3) is 0 Å². The zero-order valence-electron chi connectivity index (χ0n) is 12.2. The summed E-state index contributed by atoms with van der Waals surface area (Å²) in [5.41, 5.74) is 1.18. The molecule has 0 aliphatic heterocycles. The van der Waals surface area contributed by atoms with Crippen LogP contribution in [-0.2, 0) is 6.42 Å². The van der Waals surface area contributed by atoms with Gasteiger partial charge in [-0.2, -0.15) is 0 Å². The summed E-state index contributed by atoms with van der Waals surface area (Å²) in [6, 6.07) is 8.05. The van der Waals surface area contributed by atoms with Gasteiger partial charge in [-0.1, -0.05) is 19.1 Å². The number of rotatable bonds is 7. The maximum absolute atomic E-state index is 5.66. The Bertz CT molecular complexity index is 539. The van der Waals surface area contributed by atoms with Gasteiger partial charge in [0, 0.05) is 0 Å². The lowest BCUT2D eigenvalue weighted by Crippen LogP contribution is -2.17. The molecule has 1 N–H and O–H groups in total. The van der Waals surface area contributed by atoms with Crippen LogP contribution in [0.1, 0.15) is 37.2 Å². The van der Waals surface area contributed by atoms with Crippen molar-refractivity contribution >= 4 is 0 Å². The van der Waals surface area contributed by atoms with E-state index in [-0.39, 0.29) is 6.04 Å². The molecule has 0 radical (unpaired) electrons. The Labute approximate surface area is 119 Å². The highest BCUT2D eigenvalue weighted by molar-refractivity contribution is 5.27. The lowest BCUT2D eigenvalue weighted by molar-refractivity contribution is 0.300. The van der Waals surface area contributed by atoms with Crippen molar-refractivity contribution in [3.8, 4) is 5.75 Å². The Morgan fingerprint density at radius 1 is 1.35 bits per heavy atom. The molecule has 0 amide bonds. The number of benzene rings is 1. The van der Waals surface area contributed by atoms with Gasteiger partial charge < -0.3 is 14.5 Å². The summed E-state index contributed by atoms with van der Waals surface area (Å²) in [6.07, 6.45) is 0.611. The molecule has 1 atom stereocenters. The van der Waals surface area contributed by atoms with Crippen molar-refractivity contribution in [3.63, 3.8) is 0 Å². The second-order valence-electron chi connectivity index (χ2n) is 4.73. The molecule has 0 saturated carbocycles. The normalized spacial score (nSPS) is 12.3. The highest BCUT2D eigenvalue weighted by Crippen LogP contribution is 2.14. The molecule has 0 spiro atoms. The van der Waals surface area contributed by atoms with Crippen molar-refractivity contribution in [2.75, 3.05) is 13.2 Å². The van der Waals surface area contributed by atoms with Crippen molar-refractivity contribution in [1.29, 1.82) is 0 Å². The minimum atomic E-state index is 0.0824. The van der Waals surface area contributed by atoms with Crippen LogP contribution in [0, 0.1) is 6.92 Å². The predicted octanol–water partition coefficient (Wildman–Crippen LogP) is 2.67. The summed E-state index contributed by atoms with van der Waals surface area (Å²) >= 11 is 0. The monoisotopic (exact) mass is 275 g/mol. The number of aryl methyl sites for hydroxylation is 1. The molecule has 108 valence electrons. The van der Waals surface area contributed by atoms with Crippen LogP contribution in [0.15, 0.2) is 28.7 Å². The predicted molar refractivity (Wildman–Crippen MR) is 76.8 cm³/mol. The van der Waals surface area contributed by atoms with E-state index in [0.717, 1.165) is 12.3 Å². The van der Waals surface area contributed by atoms with E-state index < -0.39 is 0 Å². The smallest absolute Gasteiger partial charge is 0.233 e. The lowest BCUT2D eigenvalue weighted by Gasteiger charge is -2.06. The van der Waals surface area contributed by atoms with Crippen LogP contribution >= 0.6 is 0 Å². The molecule has 5 nitrogen and oxygen atoms in total. The van der Waals surface area contributed by atoms with Crippen molar-refractivity contribution in [2.24, 2.45) is 0 Å². The summed E-state index contributed by atoms with van der Waals surface area (Å²) < 4.78 is 11.3. The van der Waals surface area contributed by atoms with Gasteiger partial charge in [-0.15, -0.1) is 10.2 Å². The van der Waals surface area contributed by atoms with E-state index in [4.69, 9.17) is 9.15 Å². The van der Waals surface area contributed by atoms with Crippen molar-refractivity contribution in [2.45, 2.75) is 33.2 Å². The molecule has 2 rings (SSSR count). The van der Waals surface area contributed by atoms with E-state index in [1.165, 1.54) is 5.56 Å². The van der Waals surface area contributed by atoms with Crippen LogP contribution < -0.4 is 10.1 Å². The third kappa shape index (κ3) is 4.06. The topological polar surface area (TPSA) is 60.2 Å². The molecule has 5 heteroatoms. The summed E-state index contributed by atoms with van der Waals surface area (Å²) in [5, 5.41) is 11.3. The number of ether oxygens (including phenoxy) is 1.